The normalized spacial score (nSPS) is 11.8. The molecular weight excluding hydrogens is 362 g/mol. The highest BCUT2D eigenvalue weighted by molar-refractivity contribution is 7.17. The number of rotatable bonds is 5. The molecule has 0 atom stereocenters. The van der Waals surface area contributed by atoms with Gasteiger partial charge in [0.05, 0.1) is 5.39 Å². The summed E-state index contributed by atoms with van der Waals surface area (Å²) in [6.45, 7) is 6.61. The molecule has 0 fully saturated rings. The number of primary amides is 1. The Kier molecular flexibility index (Phi) is 5.06. The first-order valence-electron chi connectivity index (χ1n) is 8.82. The van der Waals surface area contributed by atoms with Crippen LogP contribution in [-0.2, 0) is 16.8 Å². The van der Waals surface area contributed by atoms with Crippen molar-refractivity contribution >= 4 is 27.5 Å². The summed E-state index contributed by atoms with van der Waals surface area (Å²) in [5.41, 5.74) is 7.33. The van der Waals surface area contributed by atoms with E-state index in [4.69, 9.17) is 5.73 Å². The molecule has 3 aromatic rings. The zero-order chi connectivity index (χ0) is 19.8. The van der Waals surface area contributed by atoms with Gasteiger partial charge < -0.3 is 5.73 Å². The number of aromatic nitrogens is 2. The molecule has 2 aromatic heterocycles. The molecule has 2 heterocycles. The van der Waals surface area contributed by atoms with Crippen LogP contribution in [0.2, 0.25) is 0 Å². The molecule has 0 bridgehead atoms. The fourth-order valence-corrected chi connectivity index (χ4v) is 3.98. The summed E-state index contributed by atoms with van der Waals surface area (Å²) < 4.78 is 1.14. The van der Waals surface area contributed by atoms with Crippen molar-refractivity contribution in [2.24, 2.45) is 5.73 Å². The highest BCUT2D eigenvalue weighted by atomic mass is 32.1. The van der Waals surface area contributed by atoms with Gasteiger partial charge in [-0.15, -0.1) is 11.3 Å². The minimum atomic E-state index is -0.464. The zero-order valence-electron chi connectivity index (χ0n) is 15.7. The van der Waals surface area contributed by atoms with Crippen LogP contribution in [0.4, 0.5) is 0 Å². The first-order valence-corrected chi connectivity index (χ1v) is 9.70. The molecule has 3 rings (SSSR count). The molecule has 1 aromatic carbocycles. The van der Waals surface area contributed by atoms with Gasteiger partial charge in [0.2, 0.25) is 5.91 Å². The maximum atomic E-state index is 12.9. The number of nitrogens with one attached hydrogen (secondary N) is 1. The number of aromatic amines is 1. The van der Waals surface area contributed by atoms with Crippen molar-refractivity contribution in [2.75, 3.05) is 0 Å². The first-order chi connectivity index (χ1) is 12.7. The third-order valence-electron chi connectivity index (χ3n) is 4.58. The minimum absolute atomic E-state index is 0.0492. The van der Waals surface area contributed by atoms with Gasteiger partial charge >= 0.3 is 5.69 Å². The number of benzene rings is 1. The lowest BCUT2D eigenvalue weighted by Crippen LogP contribution is -2.35. The number of thiophene rings is 1. The van der Waals surface area contributed by atoms with Crippen molar-refractivity contribution in [2.45, 2.75) is 45.6 Å². The SMILES string of the molecule is CC(C)(C)c1ccc(-c2csc3[nH]c(=O)n(CCCC(N)=O)c(=O)c23)cc1. The lowest BCUT2D eigenvalue weighted by atomic mass is 9.86. The van der Waals surface area contributed by atoms with Crippen LogP contribution < -0.4 is 17.0 Å². The molecule has 0 unspecified atom stereocenters. The number of fused-ring (bicyclic) bond motifs is 1. The molecule has 142 valence electrons. The summed E-state index contributed by atoms with van der Waals surface area (Å²) in [5.74, 6) is -0.448. The second-order valence-corrected chi connectivity index (χ2v) is 8.52. The van der Waals surface area contributed by atoms with Crippen molar-refractivity contribution < 1.29 is 4.79 Å². The van der Waals surface area contributed by atoms with E-state index in [1.165, 1.54) is 16.9 Å². The van der Waals surface area contributed by atoms with E-state index in [-0.39, 0.29) is 23.9 Å². The average Bonchev–Trinajstić information content (AvgIpc) is 3.00. The third kappa shape index (κ3) is 3.88. The molecule has 0 saturated carbocycles. The number of nitrogens with two attached hydrogens (primary N) is 1. The quantitative estimate of drug-likeness (QED) is 0.706. The maximum Gasteiger partial charge on any atom is 0.329 e. The number of amides is 1. The van der Waals surface area contributed by atoms with Gasteiger partial charge in [-0.3, -0.25) is 19.1 Å². The van der Waals surface area contributed by atoms with Gasteiger partial charge in [0, 0.05) is 23.9 Å². The predicted molar refractivity (Wildman–Crippen MR) is 109 cm³/mol. The number of carbonyl (C=O) groups excluding carboxylic acids is 1. The molecule has 7 heteroatoms. The second-order valence-electron chi connectivity index (χ2n) is 7.64. The first kappa shape index (κ1) is 19.1. The minimum Gasteiger partial charge on any atom is -0.370 e. The predicted octanol–water partition coefficient (Wildman–Crippen LogP) is 2.98. The van der Waals surface area contributed by atoms with E-state index in [1.807, 2.05) is 17.5 Å². The van der Waals surface area contributed by atoms with Crippen molar-refractivity contribution in [1.82, 2.24) is 9.55 Å². The maximum absolute atomic E-state index is 12.9. The Morgan fingerprint density at radius 1 is 1.19 bits per heavy atom. The van der Waals surface area contributed by atoms with Crippen molar-refractivity contribution in [3.63, 3.8) is 0 Å². The van der Waals surface area contributed by atoms with Crippen LogP contribution in [0.1, 0.15) is 39.2 Å². The van der Waals surface area contributed by atoms with Gasteiger partial charge in [0.1, 0.15) is 4.83 Å². The van der Waals surface area contributed by atoms with E-state index < -0.39 is 11.6 Å². The Morgan fingerprint density at radius 3 is 2.44 bits per heavy atom. The monoisotopic (exact) mass is 385 g/mol. The van der Waals surface area contributed by atoms with Gasteiger partial charge in [-0.25, -0.2) is 4.79 Å². The Morgan fingerprint density at radius 2 is 1.85 bits per heavy atom. The Bertz CT molecular complexity index is 1100. The average molecular weight is 385 g/mol. The number of nitrogens with zero attached hydrogens (tertiary/aromatic N) is 1. The summed E-state index contributed by atoms with van der Waals surface area (Å²) in [4.78, 5) is 39.4. The molecular formula is C20H23N3O3S. The van der Waals surface area contributed by atoms with Crippen LogP contribution in [-0.4, -0.2) is 15.5 Å². The molecule has 0 aliphatic heterocycles. The molecule has 6 nitrogen and oxygen atoms in total. The van der Waals surface area contributed by atoms with Crippen LogP contribution in [0.3, 0.4) is 0 Å². The number of hydrogen-bond donors (Lipinski definition) is 2. The Labute approximate surface area is 160 Å². The van der Waals surface area contributed by atoms with Crippen molar-refractivity contribution in [3.8, 4) is 11.1 Å². The highest BCUT2D eigenvalue weighted by Crippen LogP contribution is 2.32. The van der Waals surface area contributed by atoms with Gasteiger partial charge in [-0.2, -0.15) is 0 Å². The molecule has 1 amide bonds. The number of carbonyl (C=O) groups is 1. The van der Waals surface area contributed by atoms with E-state index in [0.29, 0.717) is 16.6 Å². The molecule has 3 N–H and O–H groups in total. The van der Waals surface area contributed by atoms with Crippen molar-refractivity contribution in [3.05, 3.63) is 56.0 Å². The van der Waals surface area contributed by atoms with Gasteiger partial charge in [-0.05, 0) is 23.0 Å². The smallest absolute Gasteiger partial charge is 0.329 e. The van der Waals surface area contributed by atoms with Crippen molar-refractivity contribution in [1.29, 1.82) is 0 Å². The standard InChI is InChI=1S/C20H23N3O3S/c1-20(2,3)13-8-6-12(7-9-13)14-11-27-17-16(14)18(25)23(19(26)22-17)10-4-5-15(21)24/h6-9,11H,4-5,10H2,1-3H3,(H2,21,24)(H,22,26). The lowest BCUT2D eigenvalue weighted by molar-refractivity contribution is -0.118. The molecule has 27 heavy (non-hydrogen) atoms. The van der Waals surface area contributed by atoms with Crippen LogP contribution in [0, 0.1) is 0 Å². The van der Waals surface area contributed by atoms with Gasteiger partial charge in [0.25, 0.3) is 5.56 Å². The lowest BCUT2D eigenvalue weighted by Gasteiger charge is -2.19. The largest absolute Gasteiger partial charge is 0.370 e. The fraction of sp³-hybridized carbons (Fsp3) is 0.350. The highest BCUT2D eigenvalue weighted by Gasteiger charge is 2.17. The van der Waals surface area contributed by atoms with Gasteiger partial charge in [0.15, 0.2) is 0 Å². The summed E-state index contributed by atoms with van der Waals surface area (Å²) in [5, 5.41) is 2.39. The molecule has 0 radical (unpaired) electrons. The molecule has 0 spiro atoms. The zero-order valence-corrected chi connectivity index (χ0v) is 16.5. The second kappa shape index (κ2) is 7.15. The summed E-state index contributed by atoms with van der Waals surface area (Å²) in [7, 11) is 0. The van der Waals surface area contributed by atoms with E-state index in [9.17, 15) is 14.4 Å². The van der Waals surface area contributed by atoms with Crippen LogP contribution in [0.5, 0.6) is 0 Å². The summed E-state index contributed by atoms with van der Waals surface area (Å²) in [6.07, 6.45) is 0.484. The molecule has 0 aliphatic carbocycles. The Hall–Kier alpha value is -2.67. The molecule has 0 saturated heterocycles. The van der Waals surface area contributed by atoms with E-state index >= 15 is 0 Å². The fourth-order valence-electron chi connectivity index (χ4n) is 3.03. The molecule has 0 aliphatic rings. The number of H-pyrrole nitrogens is 1. The topological polar surface area (TPSA) is 97.9 Å². The Balaban J connectivity index is 2.06. The summed E-state index contributed by atoms with van der Waals surface area (Å²) >= 11 is 1.34. The van der Waals surface area contributed by atoms with Crippen LogP contribution in [0.25, 0.3) is 21.3 Å². The van der Waals surface area contributed by atoms with Crippen LogP contribution in [0.15, 0.2) is 39.2 Å². The summed E-state index contributed by atoms with van der Waals surface area (Å²) in [6, 6.07) is 8.14. The van der Waals surface area contributed by atoms with Gasteiger partial charge in [-0.1, -0.05) is 45.0 Å². The van der Waals surface area contributed by atoms with E-state index in [0.717, 1.165) is 15.7 Å². The number of hydrogen-bond acceptors (Lipinski definition) is 4. The third-order valence-corrected chi connectivity index (χ3v) is 5.48. The van der Waals surface area contributed by atoms with Crippen LogP contribution >= 0.6 is 11.3 Å². The van der Waals surface area contributed by atoms with E-state index in [2.05, 4.69) is 37.9 Å². The van der Waals surface area contributed by atoms with E-state index in [1.54, 1.807) is 0 Å².